The van der Waals surface area contributed by atoms with Gasteiger partial charge in [0.1, 0.15) is 5.02 Å². The molecule has 0 aliphatic carbocycles. The van der Waals surface area contributed by atoms with Crippen molar-refractivity contribution in [3.8, 4) is 0 Å². The lowest BCUT2D eigenvalue weighted by atomic mass is 10.2. The van der Waals surface area contributed by atoms with E-state index in [2.05, 4.69) is 0 Å². The third kappa shape index (κ3) is 2.70. The summed E-state index contributed by atoms with van der Waals surface area (Å²) in [5.41, 5.74) is -0.00135. The third-order valence-electron chi connectivity index (χ3n) is 3.08. The maximum atomic E-state index is 12.5. The highest BCUT2D eigenvalue weighted by Gasteiger charge is 2.29. The maximum Gasteiger partial charge on any atom is 0.289 e. The fraction of sp³-hybridized carbons (Fsp3) is 0.333. The normalized spacial score (nSPS) is 16.3. The molecule has 1 heterocycles. The second kappa shape index (κ2) is 5.51. The van der Waals surface area contributed by atoms with Crippen molar-refractivity contribution in [2.24, 2.45) is 0 Å². The molecule has 0 atom stereocenters. The van der Waals surface area contributed by atoms with Gasteiger partial charge in [-0.2, -0.15) is 4.31 Å². The van der Waals surface area contributed by atoms with Crippen LogP contribution in [0.5, 0.6) is 0 Å². The molecule has 0 spiro atoms. The molecule has 108 valence electrons. The van der Waals surface area contributed by atoms with E-state index in [1.807, 2.05) is 6.08 Å². The third-order valence-corrected chi connectivity index (χ3v) is 5.39. The van der Waals surface area contributed by atoms with E-state index in [0.717, 1.165) is 6.07 Å². The van der Waals surface area contributed by atoms with E-state index in [1.54, 1.807) is 13.0 Å². The first-order valence-electron chi connectivity index (χ1n) is 5.93. The Morgan fingerprint density at radius 2 is 2.05 bits per heavy atom. The number of sulfonamides is 1. The van der Waals surface area contributed by atoms with Gasteiger partial charge >= 0.3 is 0 Å². The van der Waals surface area contributed by atoms with Crippen LogP contribution >= 0.6 is 11.6 Å². The van der Waals surface area contributed by atoms with Crippen molar-refractivity contribution >= 4 is 27.3 Å². The minimum Gasteiger partial charge on any atom is -0.258 e. The lowest BCUT2D eigenvalue weighted by Gasteiger charge is -2.23. The van der Waals surface area contributed by atoms with E-state index in [4.69, 9.17) is 11.6 Å². The van der Waals surface area contributed by atoms with E-state index in [1.165, 1.54) is 10.4 Å². The van der Waals surface area contributed by atoms with Crippen LogP contribution in [0.3, 0.4) is 0 Å². The summed E-state index contributed by atoms with van der Waals surface area (Å²) in [5.74, 6) is 0. The van der Waals surface area contributed by atoms with Gasteiger partial charge in [-0.05, 0) is 25.0 Å². The number of nitrogens with zero attached hydrogens (tertiary/aromatic N) is 2. The molecule has 0 amide bonds. The van der Waals surface area contributed by atoms with Gasteiger partial charge in [-0.1, -0.05) is 23.8 Å². The molecule has 1 aromatic carbocycles. The lowest BCUT2D eigenvalue weighted by molar-refractivity contribution is -0.384. The summed E-state index contributed by atoms with van der Waals surface area (Å²) in [6.45, 7) is 2.22. The summed E-state index contributed by atoms with van der Waals surface area (Å²) < 4.78 is 26.3. The number of nitro groups is 1. The quantitative estimate of drug-likeness (QED) is 0.487. The van der Waals surface area contributed by atoms with Crippen LogP contribution < -0.4 is 0 Å². The number of rotatable bonds is 3. The molecule has 0 saturated carbocycles. The molecule has 8 heteroatoms. The van der Waals surface area contributed by atoms with Crippen molar-refractivity contribution in [1.82, 2.24) is 4.31 Å². The van der Waals surface area contributed by atoms with Crippen molar-refractivity contribution in [2.45, 2.75) is 18.2 Å². The summed E-state index contributed by atoms with van der Waals surface area (Å²) in [6, 6.07) is 2.34. The zero-order valence-corrected chi connectivity index (χ0v) is 12.3. The fourth-order valence-corrected chi connectivity index (χ4v) is 3.96. The Kier molecular flexibility index (Phi) is 4.12. The Hall–Kier alpha value is -1.44. The summed E-state index contributed by atoms with van der Waals surface area (Å²) in [4.78, 5) is 10.1. The van der Waals surface area contributed by atoms with Gasteiger partial charge in [-0.3, -0.25) is 10.1 Å². The monoisotopic (exact) mass is 316 g/mol. The predicted octanol–water partition coefficient (Wildman–Crippen LogP) is 2.51. The zero-order valence-electron chi connectivity index (χ0n) is 10.7. The van der Waals surface area contributed by atoms with Gasteiger partial charge in [-0.15, -0.1) is 0 Å². The number of hydrogen-bond acceptors (Lipinski definition) is 4. The predicted molar refractivity (Wildman–Crippen MR) is 75.4 cm³/mol. The van der Waals surface area contributed by atoms with E-state index >= 15 is 0 Å². The average Bonchev–Trinajstić information content (AvgIpc) is 2.39. The van der Waals surface area contributed by atoms with Gasteiger partial charge in [0.2, 0.25) is 10.0 Å². The fourth-order valence-electron chi connectivity index (χ4n) is 2.04. The van der Waals surface area contributed by atoms with Gasteiger partial charge in [0.05, 0.1) is 9.82 Å². The van der Waals surface area contributed by atoms with Crippen molar-refractivity contribution in [3.63, 3.8) is 0 Å². The Labute approximate surface area is 121 Å². The van der Waals surface area contributed by atoms with Crippen molar-refractivity contribution in [3.05, 3.63) is 45.0 Å². The van der Waals surface area contributed by atoms with Crippen LogP contribution in [0, 0.1) is 17.0 Å². The van der Waals surface area contributed by atoms with Gasteiger partial charge < -0.3 is 0 Å². The SMILES string of the molecule is Cc1cc(Cl)c([N+](=O)[O-])cc1S(=O)(=O)N1CC=CCC1. The van der Waals surface area contributed by atoms with E-state index in [0.29, 0.717) is 18.5 Å². The topological polar surface area (TPSA) is 80.5 Å². The number of benzene rings is 1. The largest absolute Gasteiger partial charge is 0.289 e. The molecule has 1 aliphatic heterocycles. The molecule has 1 aliphatic rings. The van der Waals surface area contributed by atoms with Crippen LogP contribution in [0.2, 0.25) is 5.02 Å². The van der Waals surface area contributed by atoms with Gasteiger partial charge in [0.25, 0.3) is 5.69 Å². The molecule has 2 rings (SSSR count). The minimum absolute atomic E-state index is 0.0648. The standard InChI is InChI=1S/C12H13ClN2O4S/c1-9-7-10(13)11(15(16)17)8-12(9)20(18,19)14-5-3-2-4-6-14/h2-3,7-8H,4-6H2,1H3. The molecular weight excluding hydrogens is 304 g/mol. The lowest BCUT2D eigenvalue weighted by Crippen LogP contribution is -2.34. The highest BCUT2D eigenvalue weighted by atomic mass is 35.5. The van der Waals surface area contributed by atoms with Gasteiger partial charge in [0.15, 0.2) is 0 Å². The Balaban J connectivity index is 2.54. The smallest absolute Gasteiger partial charge is 0.258 e. The number of aryl methyl sites for hydroxylation is 1. The second-order valence-corrected chi connectivity index (χ2v) is 6.76. The number of nitro benzene ring substituents is 1. The molecular formula is C12H13ClN2O4S. The summed E-state index contributed by atoms with van der Waals surface area (Å²) >= 11 is 5.77. The molecule has 6 nitrogen and oxygen atoms in total. The molecule has 0 saturated heterocycles. The van der Waals surface area contributed by atoms with Gasteiger partial charge in [0, 0.05) is 19.2 Å². The average molecular weight is 317 g/mol. The highest BCUT2D eigenvalue weighted by molar-refractivity contribution is 7.89. The molecule has 20 heavy (non-hydrogen) atoms. The van der Waals surface area contributed by atoms with E-state index < -0.39 is 20.6 Å². The first-order valence-corrected chi connectivity index (χ1v) is 7.75. The maximum absolute atomic E-state index is 12.5. The first kappa shape index (κ1) is 15.0. The van der Waals surface area contributed by atoms with Gasteiger partial charge in [-0.25, -0.2) is 8.42 Å². The van der Waals surface area contributed by atoms with Crippen LogP contribution in [-0.2, 0) is 10.0 Å². The van der Waals surface area contributed by atoms with E-state index in [-0.39, 0.29) is 16.5 Å². The van der Waals surface area contributed by atoms with Crippen LogP contribution in [0.25, 0.3) is 0 Å². The molecule has 0 bridgehead atoms. The first-order chi connectivity index (χ1) is 9.34. The molecule has 0 unspecified atom stereocenters. The van der Waals surface area contributed by atoms with Crippen molar-refractivity contribution in [1.29, 1.82) is 0 Å². The molecule has 0 aromatic heterocycles. The highest BCUT2D eigenvalue weighted by Crippen LogP contribution is 2.31. The molecule has 0 radical (unpaired) electrons. The summed E-state index contributed by atoms with van der Waals surface area (Å²) in [6.07, 6.45) is 4.30. The van der Waals surface area contributed by atoms with Crippen LogP contribution in [0.1, 0.15) is 12.0 Å². The van der Waals surface area contributed by atoms with Crippen molar-refractivity contribution in [2.75, 3.05) is 13.1 Å². The molecule has 1 aromatic rings. The van der Waals surface area contributed by atoms with Crippen LogP contribution in [0.15, 0.2) is 29.2 Å². The minimum atomic E-state index is -3.75. The number of hydrogen-bond donors (Lipinski definition) is 0. The van der Waals surface area contributed by atoms with Crippen molar-refractivity contribution < 1.29 is 13.3 Å². The van der Waals surface area contributed by atoms with Crippen LogP contribution in [0.4, 0.5) is 5.69 Å². The Morgan fingerprint density at radius 3 is 2.60 bits per heavy atom. The van der Waals surface area contributed by atoms with E-state index in [9.17, 15) is 18.5 Å². The molecule has 0 N–H and O–H groups in total. The number of halogens is 1. The molecule has 0 fully saturated rings. The second-order valence-electron chi connectivity index (χ2n) is 4.45. The Morgan fingerprint density at radius 1 is 1.35 bits per heavy atom. The summed E-state index contributed by atoms with van der Waals surface area (Å²) in [7, 11) is -3.75. The Bertz CT molecular complexity index is 685. The van der Waals surface area contributed by atoms with Crippen LogP contribution in [-0.4, -0.2) is 30.7 Å². The zero-order chi connectivity index (χ0) is 14.9. The summed E-state index contributed by atoms with van der Waals surface area (Å²) in [5, 5.41) is 10.8.